The quantitative estimate of drug-likeness (QED) is 0.708. The molecule has 3 N–H and O–H groups in total. The Morgan fingerprint density at radius 3 is 3.00 bits per heavy atom. The molecule has 0 atom stereocenters. The van der Waals surface area contributed by atoms with Crippen LogP contribution in [0, 0.1) is 0 Å². The van der Waals surface area contributed by atoms with Crippen molar-refractivity contribution in [2.75, 3.05) is 19.8 Å². The summed E-state index contributed by atoms with van der Waals surface area (Å²) in [7, 11) is 0. The lowest BCUT2D eigenvalue weighted by molar-refractivity contribution is 0.0188. The van der Waals surface area contributed by atoms with Crippen molar-refractivity contribution in [3.8, 4) is 0 Å². The summed E-state index contributed by atoms with van der Waals surface area (Å²) in [6, 6.07) is 0. The number of rotatable bonds is 7. The number of hydrogen-bond donors (Lipinski definition) is 2. The maximum absolute atomic E-state index is 11.7. The highest BCUT2D eigenvalue weighted by Gasteiger charge is 2.09. The Hall–Kier alpha value is -1.12. The normalized spacial score (nSPS) is 10.8. The summed E-state index contributed by atoms with van der Waals surface area (Å²) in [4.78, 5) is 15.4. The molecule has 1 amide bonds. The van der Waals surface area contributed by atoms with E-state index in [1.54, 1.807) is 5.38 Å². The zero-order valence-electron chi connectivity index (χ0n) is 8.99. The highest BCUT2D eigenvalue weighted by atomic mass is 32.1. The lowest BCUT2D eigenvalue weighted by Crippen LogP contribution is -2.28. The Morgan fingerprint density at radius 2 is 2.41 bits per heavy atom. The molecule has 0 spiro atoms. The van der Waals surface area contributed by atoms with Gasteiger partial charge in [0.2, 0.25) is 0 Å². The molecular weight excluding hydrogens is 252 g/mol. The van der Waals surface area contributed by atoms with Crippen LogP contribution in [-0.2, 0) is 11.3 Å². The Balaban J connectivity index is 2.21. The van der Waals surface area contributed by atoms with Crippen molar-refractivity contribution in [3.05, 3.63) is 16.1 Å². The van der Waals surface area contributed by atoms with Crippen molar-refractivity contribution in [2.45, 2.75) is 13.0 Å². The first-order valence-electron chi connectivity index (χ1n) is 4.92. The highest BCUT2D eigenvalue weighted by molar-refractivity contribution is 7.09. The van der Waals surface area contributed by atoms with E-state index < -0.39 is 13.0 Å². The summed E-state index contributed by atoms with van der Waals surface area (Å²) in [6.45, 7) is -0.121. The summed E-state index contributed by atoms with van der Waals surface area (Å²) in [5.74, 6) is -0.360. The summed E-state index contributed by atoms with van der Waals surface area (Å²) < 4.78 is 28.0. The van der Waals surface area contributed by atoms with Gasteiger partial charge in [0.15, 0.2) is 0 Å². The molecule has 1 aromatic heterocycles. The number of nitrogens with two attached hydrogens (primary N) is 1. The van der Waals surface area contributed by atoms with Crippen LogP contribution in [0.1, 0.15) is 15.5 Å². The van der Waals surface area contributed by atoms with E-state index in [2.05, 4.69) is 15.0 Å². The molecule has 0 aromatic carbocycles. The topological polar surface area (TPSA) is 77.2 Å². The van der Waals surface area contributed by atoms with Crippen LogP contribution in [0.5, 0.6) is 0 Å². The molecule has 0 fully saturated rings. The fourth-order valence-electron chi connectivity index (χ4n) is 1.01. The number of carbonyl (C=O) groups excluding carboxylic acids is 1. The van der Waals surface area contributed by atoms with Gasteiger partial charge in [0.1, 0.15) is 17.3 Å². The Bertz CT molecular complexity index is 360. The fourth-order valence-corrected chi connectivity index (χ4v) is 1.66. The van der Waals surface area contributed by atoms with Gasteiger partial charge >= 0.3 is 0 Å². The number of nitrogens with zero attached hydrogens (tertiary/aromatic N) is 1. The molecule has 0 unspecified atom stereocenters. The average molecular weight is 265 g/mol. The van der Waals surface area contributed by atoms with Gasteiger partial charge in [-0.3, -0.25) is 4.79 Å². The lowest BCUT2D eigenvalue weighted by Gasteiger charge is -2.04. The van der Waals surface area contributed by atoms with Crippen LogP contribution < -0.4 is 11.1 Å². The monoisotopic (exact) mass is 265 g/mol. The molecule has 5 nitrogen and oxygen atoms in total. The number of amides is 1. The van der Waals surface area contributed by atoms with Crippen LogP contribution in [0.15, 0.2) is 5.38 Å². The van der Waals surface area contributed by atoms with Crippen LogP contribution in [-0.4, -0.2) is 37.1 Å². The first-order valence-corrected chi connectivity index (χ1v) is 5.80. The maximum atomic E-state index is 11.7. The lowest BCUT2D eigenvalue weighted by atomic mass is 10.4. The average Bonchev–Trinajstić information content (AvgIpc) is 2.76. The molecule has 96 valence electrons. The molecule has 1 rings (SSSR count). The third-order valence-corrected chi connectivity index (χ3v) is 2.61. The Kier molecular flexibility index (Phi) is 5.95. The first-order chi connectivity index (χ1) is 8.13. The van der Waals surface area contributed by atoms with Crippen molar-refractivity contribution in [1.82, 2.24) is 10.3 Å². The molecule has 0 saturated carbocycles. The summed E-state index contributed by atoms with van der Waals surface area (Å²) in [5, 5.41) is 4.77. The number of nitrogens with one attached hydrogen (secondary N) is 1. The minimum absolute atomic E-state index is 0.0456. The summed E-state index contributed by atoms with van der Waals surface area (Å²) in [6.07, 6.45) is -2.49. The number of hydrogen-bond acceptors (Lipinski definition) is 5. The Morgan fingerprint density at radius 1 is 1.65 bits per heavy atom. The van der Waals surface area contributed by atoms with E-state index in [1.807, 2.05) is 0 Å². The van der Waals surface area contributed by atoms with Gasteiger partial charge < -0.3 is 15.8 Å². The fraction of sp³-hybridized carbons (Fsp3) is 0.556. The molecule has 0 aliphatic carbocycles. The van der Waals surface area contributed by atoms with Crippen molar-refractivity contribution >= 4 is 17.2 Å². The smallest absolute Gasteiger partial charge is 0.270 e. The van der Waals surface area contributed by atoms with E-state index in [4.69, 9.17) is 5.73 Å². The molecule has 0 aliphatic rings. The van der Waals surface area contributed by atoms with Crippen molar-refractivity contribution < 1.29 is 18.3 Å². The van der Waals surface area contributed by atoms with Gasteiger partial charge in [-0.15, -0.1) is 11.3 Å². The zero-order chi connectivity index (χ0) is 12.7. The van der Waals surface area contributed by atoms with E-state index in [0.717, 1.165) is 0 Å². The van der Waals surface area contributed by atoms with Crippen molar-refractivity contribution in [2.24, 2.45) is 5.73 Å². The van der Waals surface area contributed by atoms with Crippen LogP contribution >= 0.6 is 11.3 Å². The number of ether oxygens (including phenoxy) is 1. The molecule has 17 heavy (non-hydrogen) atoms. The van der Waals surface area contributed by atoms with Crippen molar-refractivity contribution in [3.63, 3.8) is 0 Å². The molecular formula is C9H13F2N3O2S. The van der Waals surface area contributed by atoms with Gasteiger partial charge in [-0.2, -0.15) is 0 Å². The zero-order valence-corrected chi connectivity index (χ0v) is 9.80. The van der Waals surface area contributed by atoms with E-state index in [1.165, 1.54) is 11.3 Å². The molecule has 1 aromatic rings. The van der Waals surface area contributed by atoms with Gasteiger partial charge in [0.25, 0.3) is 12.3 Å². The Labute approximate surface area is 101 Å². The number of halogens is 2. The van der Waals surface area contributed by atoms with Gasteiger partial charge in [0.05, 0.1) is 6.61 Å². The maximum Gasteiger partial charge on any atom is 0.270 e. The van der Waals surface area contributed by atoms with E-state index >= 15 is 0 Å². The number of alkyl halides is 2. The molecule has 0 radical (unpaired) electrons. The predicted octanol–water partition coefficient (Wildman–Crippen LogP) is 0.613. The second-order valence-corrected chi connectivity index (χ2v) is 4.00. The van der Waals surface area contributed by atoms with E-state index in [-0.39, 0.29) is 31.3 Å². The molecule has 1 heterocycles. The second kappa shape index (κ2) is 7.25. The predicted molar refractivity (Wildman–Crippen MR) is 59.2 cm³/mol. The minimum Gasteiger partial charge on any atom is -0.374 e. The van der Waals surface area contributed by atoms with Crippen LogP contribution in [0.3, 0.4) is 0 Å². The highest BCUT2D eigenvalue weighted by Crippen LogP contribution is 2.08. The number of aromatic nitrogens is 1. The molecule has 0 bridgehead atoms. The van der Waals surface area contributed by atoms with E-state index in [9.17, 15) is 13.6 Å². The molecule has 0 aliphatic heterocycles. The molecule has 8 heteroatoms. The number of carbonyl (C=O) groups is 1. The standard InChI is InChI=1S/C9H13F2N3O2S/c10-7(11)4-16-2-1-13-9(15)6-5-17-8(3-12)14-6/h5,7H,1-4,12H2,(H,13,15). The van der Waals surface area contributed by atoms with Gasteiger partial charge in [-0.05, 0) is 0 Å². The third-order valence-electron chi connectivity index (χ3n) is 1.73. The molecule has 0 saturated heterocycles. The third kappa shape index (κ3) is 5.16. The first kappa shape index (κ1) is 13.9. The largest absolute Gasteiger partial charge is 0.374 e. The van der Waals surface area contributed by atoms with Crippen LogP contribution in [0.4, 0.5) is 8.78 Å². The van der Waals surface area contributed by atoms with Gasteiger partial charge in [0, 0.05) is 18.5 Å². The SMILES string of the molecule is NCc1nc(C(=O)NCCOCC(F)F)cs1. The van der Waals surface area contributed by atoms with Crippen molar-refractivity contribution in [1.29, 1.82) is 0 Å². The van der Waals surface area contributed by atoms with E-state index in [0.29, 0.717) is 5.01 Å². The minimum atomic E-state index is -2.49. The van der Waals surface area contributed by atoms with Gasteiger partial charge in [-0.25, -0.2) is 13.8 Å². The second-order valence-electron chi connectivity index (χ2n) is 3.05. The van der Waals surface area contributed by atoms with Crippen LogP contribution in [0.2, 0.25) is 0 Å². The van der Waals surface area contributed by atoms with Crippen LogP contribution in [0.25, 0.3) is 0 Å². The number of thiazole rings is 1. The summed E-state index contributed by atoms with van der Waals surface area (Å²) in [5.41, 5.74) is 5.64. The van der Waals surface area contributed by atoms with Gasteiger partial charge in [-0.1, -0.05) is 0 Å². The summed E-state index contributed by atoms with van der Waals surface area (Å²) >= 11 is 1.30.